The van der Waals surface area contributed by atoms with Crippen LogP contribution in [-0.4, -0.2) is 21.3 Å². The van der Waals surface area contributed by atoms with Crippen molar-refractivity contribution in [2.75, 3.05) is 21.3 Å². The molecule has 0 N–H and O–H groups in total. The Morgan fingerprint density at radius 2 is 1.69 bits per heavy atom. The van der Waals surface area contributed by atoms with Crippen LogP contribution in [-0.2, 0) is 0 Å². The molecule has 0 saturated heterocycles. The topological polar surface area (TPSA) is 27.7 Å². The van der Waals surface area contributed by atoms with E-state index in [2.05, 4.69) is 0 Å². The van der Waals surface area contributed by atoms with E-state index in [-0.39, 0.29) is 5.38 Å². The fourth-order valence-corrected chi connectivity index (χ4v) is 1.76. The molecule has 0 aliphatic carbocycles. The number of halogens is 1. The third-order valence-corrected chi connectivity index (χ3v) is 2.97. The molecule has 0 aliphatic rings. The highest BCUT2D eigenvalue weighted by Crippen LogP contribution is 2.44. The molecule has 0 aromatic heterocycles. The van der Waals surface area contributed by atoms with Crippen LogP contribution >= 0.6 is 11.6 Å². The Labute approximate surface area is 101 Å². The quantitative estimate of drug-likeness (QED) is 0.743. The fraction of sp³-hybridized carbons (Fsp3) is 0.500. The van der Waals surface area contributed by atoms with Gasteiger partial charge in [-0.15, -0.1) is 11.6 Å². The summed E-state index contributed by atoms with van der Waals surface area (Å²) in [6, 6.07) is 3.74. The van der Waals surface area contributed by atoms with Crippen LogP contribution in [0.3, 0.4) is 0 Å². The SMILES string of the molecule is CCC(Cl)c1ccc(OC)c(OC)c1OC. The molecule has 1 aromatic rings. The lowest BCUT2D eigenvalue weighted by atomic mass is 10.1. The molecule has 0 radical (unpaired) electrons. The zero-order valence-corrected chi connectivity index (χ0v) is 10.8. The third kappa shape index (κ3) is 2.35. The van der Waals surface area contributed by atoms with Gasteiger partial charge in [0.05, 0.1) is 26.7 Å². The van der Waals surface area contributed by atoms with Crippen molar-refractivity contribution in [3.63, 3.8) is 0 Å². The summed E-state index contributed by atoms with van der Waals surface area (Å²) in [7, 11) is 4.77. The van der Waals surface area contributed by atoms with E-state index in [9.17, 15) is 0 Å². The highest BCUT2D eigenvalue weighted by molar-refractivity contribution is 6.21. The van der Waals surface area contributed by atoms with Gasteiger partial charge in [-0.2, -0.15) is 0 Å². The molecule has 16 heavy (non-hydrogen) atoms. The molecule has 0 spiro atoms. The molecule has 3 nitrogen and oxygen atoms in total. The fourth-order valence-electron chi connectivity index (χ4n) is 1.59. The molecule has 0 bridgehead atoms. The first kappa shape index (κ1) is 13.0. The first-order chi connectivity index (χ1) is 7.69. The molecule has 0 saturated carbocycles. The van der Waals surface area contributed by atoms with Crippen molar-refractivity contribution in [3.05, 3.63) is 17.7 Å². The summed E-state index contributed by atoms with van der Waals surface area (Å²) in [6.07, 6.45) is 0.827. The molecule has 1 aromatic carbocycles. The van der Waals surface area contributed by atoms with Gasteiger partial charge in [0.2, 0.25) is 5.75 Å². The van der Waals surface area contributed by atoms with Crippen molar-refractivity contribution < 1.29 is 14.2 Å². The Bertz CT molecular complexity index is 352. The lowest BCUT2D eigenvalue weighted by molar-refractivity contribution is 0.322. The van der Waals surface area contributed by atoms with Gasteiger partial charge in [0.25, 0.3) is 0 Å². The van der Waals surface area contributed by atoms with E-state index in [4.69, 9.17) is 25.8 Å². The summed E-state index contributed by atoms with van der Waals surface area (Å²) < 4.78 is 15.8. The first-order valence-corrected chi connectivity index (χ1v) is 5.56. The van der Waals surface area contributed by atoms with Gasteiger partial charge in [0.15, 0.2) is 11.5 Å². The van der Waals surface area contributed by atoms with Crippen LogP contribution in [0.4, 0.5) is 0 Å². The van der Waals surface area contributed by atoms with Crippen LogP contribution in [0.5, 0.6) is 17.2 Å². The minimum absolute atomic E-state index is 0.0882. The van der Waals surface area contributed by atoms with E-state index in [0.29, 0.717) is 17.2 Å². The molecular weight excluding hydrogens is 228 g/mol. The van der Waals surface area contributed by atoms with E-state index in [0.717, 1.165) is 12.0 Å². The second-order valence-electron chi connectivity index (χ2n) is 3.30. The monoisotopic (exact) mass is 244 g/mol. The average Bonchev–Trinajstić information content (AvgIpc) is 2.35. The lowest BCUT2D eigenvalue weighted by Crippen LogP contribution is -2.00. The molecule has 0 fully saturated rings. The van der Waals surface area contributed by atoms with Crippen molar-refractivity contribution in [1.82, 2.24) is 0 Å². The van der Waals surface area contributed by atoms with Crippen LogP contribution in [0, 0.1) is 0 Å². The largest absolute Gasteiger partial charge is 0.493 e. The Morgan fingerprint density at radius 1 is 1.06 bits per heavy atom. The number of benzene rings is 1. The number of hydrogen-bond acceptors (Lipinski definition) is 3. The Hall–Kier alpha value is -1.09. The summed E-state index contributed by atoms with van der Waals surface area (Å²) in [4.78, 5) is 0. The molecule has 1 unspecified atom stereocenters. The maximum Gasteiger partial charge on any atom is 0.203 e. The van der Waals surface area contributed by atoms with E-state index < -0.39 is 0 Å². The lowest BCUT2D eigenvalue weighted by Gasteiger charge is -2.17. The maximum atomic E-state index is 6.22. The maximum absolute atomic E-state index is 6.22. The average molecular weight is 245 g/mol. The number of methoxy groups -OCH3 is 3. The van der Waals surface area contributed by atoms with Gasteiger partial charge in [0.1, 0.15) is 0 Å². The standard InChI is InChI=1S/C12H17ClO3/c1-5-9(13)8-6-7-10(14-2)12(16-4)11(8)15-3/h6-7,9H,5H2,1-4H3. The van der Waals surface area contributed by atoms with E-state index in [1.54, 1.807) is 21.3 Å². The van der Waals surface area contributed by atoms with E-state index >= 15 is 0 Å². The second kappa shape index (κ2) is 5.85. The van der Waals surface area contributed by atoms with Gasteiger partial charge in [-0.1, -0.05) is 6.92 Å². The van der Waals surface area contributed by atoms with Crippen LogP contribution < -0.4 is 14.2 Å². The van der Waals surface area contributed by atoms with Gasteiger partial charge < -0.3 is 14.2 Å². The molecule has 1 rings (SSSR count). The third-order valence-electron chi connectivity index (χ3n) is 2.43. The number of alkyl halides is 1. The molecule has 0 heterocycles. The Balaban J connectivity index is 3.31. The van der Waals surface area contributed by atoms with Crippen LogP contribution in [0.25, 0.3) is 0 Å². The predicted molar refractivity (Wildman–Crippen MR) is 65.0 cm³/mol. The van der Waals surface area contributed by atoms with E-state index in [1.165, 1.54) is 0 Å². The van der Waals surface area contributed by atoms with Gasteiger partial charge in [-0.05, 0) is 18.6 Å². The van der Waals surface area contributed by atoms with Crippen molar-refractivity contribution in [1.29, 1.82) is 0 Å². The van der Waals surface area contributed by atoms with Crippen LogP contribution in [0.15, 0.2) is 12.1 Å². The van der Waals surface area contributed by atoms with Crippen molar-refractivity contribution in [3.8, 4) is 17.2 Å². The van der Waals surface area contributed by atoms with Crippen LogP contribution in [0.2, 0.25) is 0 Å². The summed E-state index contributed by atoms with van der Waals surface area (Å²) >= 11 is 6.22. The van der Waals surface area contributed by atoms with Gasteiger partial charge in [0, 0.05) is 5.56 Å². The second-order valence-corrected chi connectivity index (χ2v) is 3.83. The molecule has 90 valence electrons. The smallest absolute Gasteiger partial charge is 0.203 e. The van der Waals surface area contributed by atoms with Crippen molar-refractivity contribution in [2.45, 2.75) is 18.7 Å². The molecule has 0 aliphatic heterocycles. The van der Waals surface area contributed by atoms with Gasteiger partial charge in [-0.25, -0.2) is 0 Å². The molecule has 4 heteroatoms. The summed E-state index contributed by atoms with van der Waals surface area (Å²) in [5.41, 5.74) is 0.921. The van der Waals surface area contributed by atoms with Crippen molar-refractivity contribution >= 4 is 11.6 Å². The Kier molecular flexibility index (Phi) is 4.74. The Morgan fingerprint density at radius 3 is 2.12 bits per heavy atom. The highest BCUT2D eigenvalue weighted by atomic mass is 35.5. The van der Waals surface area contributed by atoms with Crippen LogP contribution in [0.1, 0.15) is 24.3 Å². The van der Waals surface area contributed by atoms with Gasteiger partial charge in [-0.3, -0.25) is 0 Å². The predicted octanol–water partition coefficient (Wildman–Crippen LogP) is 3.40. The summed E-state index contributed by atoms with van der Waals surface area (Å²) in [6.45, 7) is 2.02. The normalized spacial score (nSPS) is 12.1. The zero-order chi connectivity index (χ0) is 12.1. The number of hydrogen-bond donors (Lipinski definition) is 0. The summed E-state index contributed by atoms with van der Waals surface area (Å²) in [5.74, 6) is 1.87. The number of ether oxygens (including phenoxy) is 3. The highest BCUT2D eigenvalue weighted by Gasteiger charge is 2.19. The van der Waals surface area contributed by atoms with Crippen molar-refractivity contribution in [2.24, 2.45) is 0 Å². The first-order valence-electron chi connectivity index (χ1n) is 5.12. The number of rotatable bonds is 5. The minimum atomic E-state index is -0.0882. The zero-order valence-electron chi connectivity index (χ0n) is 10.0. The van der Waals surface area contributed by atoms with E-state index in [1.807, 2.05) is 19.1 Å². The molecule has 0 amide bonds. The minimum Gasteiger partial charge on any atom is -0.493 e. The molecule has 1 atom stereocenters. The van der Waals surface area contributed by atoms with Gasteiger partial charge >= 0.3 is 0 Å². The summed E-state index contributed by atoms with van der Waals surface area (Å²) in [5, 5.41) is -0.0882. The molecular formula is C12H17ClO3.